The van der Waals surface area contributed by atoms with Crippen LogP contribution in [-0.2, 0) is 19.9 Å². The Labute approximate surface area is 229 Å². The van der Waals surface area contributed by atoms with E-state index < -0.39 is 5.60 Å². The van der Waals surface area contributed by atoms with Crippen molar-refractivity contribution in [1.82, 2.24) is 10.6 Å². The molecule has 2 saturated carbocycles. The van der Waals surface area contributed by atoms with Gasteiger partial charge in [0, 0.05) is 24.8 Å². The summed E-state index contributed by atoms with van der Waals surface area (Å²) >= 11 is 0. The topological polar surface area (TPSA) is 99.8 Å². The highest BCUT2D eigenvalue weighted by Gasteiger charge is 2.43. The Morgan fingerprint density at radius 1 is 1.00 bits per heavy atom. The van der Waals surface area contributed by atoms with Crippen molar-refractivity contribution in [2.24, 2.45) is 11.8 Å². The quantitative estimate of drug-likeness (QED) is 0.522. The lowest BCUT2D eigenvalue weighted by Crippen LogP contribution is -2.53. The van der Waals surface area contributed by atoms with Crippen LogP contribution in [-0.4, -0.2) is 42.5 Å². The molecule has 2 aromatic carbocycles. The zero-order valence-electron chi connectivity index (χ0n) is 22.8. The third-order valence-corrected chi connectivity index (χ3v) is 8.77. The van der Waals surface area contributed by atoms with Crippen LogP contribution >= 0.6 is 0 Å². The molecular weight excluding hydrogens is 492 g/mol. The van der Waals surface area contributed by atoms with E-state index in [4.69, 9.17) is 4.74 Å². The van der Waals surface area contributed by atoms with Crippen LogP contribution in [0.1, 0.15) is 64.4 Å². The molecule has 0 aromatic heterocycles. The normalized spacial score (nSPS) is 25.1. The van der Waals surface area contributed by atoms with E-state index in [2.05, 4.69) is 28.1 Å². The summed E-state index contributed by atoms with van der Waals surface area (Å²) in [4.78, 5) is 41.9. The lowest BCUT2D eigenvalue weighted by molar-refractivity contribution is -0.130. The van der Waals surface area contributed by atoms with Crippen molar-refractivity contribution in [3.63, 3.8) is 0 Å². The highest BCUT2D eigenvalue weighted by molar-refractivity contribution is 6.02. The van der Waals surface area contributed by atoms with Crippen LogP contribution in [0.3, 0.4) is 0 Å². The van der Waals surface area contributed by atoms with Gasteiger partial charge in [-0.25, -0.2) is 0 Å². The summed E-state index contributed by atoms with van der Waals surface area (Å²) in [5.41, 5.74) is 1.24. The maximum Gasteiger partial charge on any atom is 0.268 e. The fourth-order valence-electron chi connectivity index (χ4n) is 6.39. The van der Waals surface area contributed by atoms with E-state index >= 15 is 0 Å². The van der Waals surface area contributed by atoms with E-state index in [0.29, 0.717) is 30.9 Å². The molecule has 8 nitrogen and oxygen atoms in total. The Balaban J connectivity index is 1.18. The number of carbonyl (C=O) groups is 3. The van der Waals surface area contributed by atoms with Crippen molar-refractivity contribution >= 4 is 29.1 Å². The number of benzene rings is 2. The van der Waals surface area contributed by atoms with E-state index in [9.17, 15) is 14.4 Å². The number of nitrogens with one attached hydrogen (secondary N) is 3. The summed E-state index contributed by atoms with van der Waals surface area (Å²) in [6.45, 7) is 4.59. The number of ether oxygens (including phenoxy) is 1. The number of anilines is 2. The van der Waals surface area contributed by atoms with E-state index in [1.807, 2.05) is 41.3 Å². The first kappa shape index (κ1) is 25.9. The highest BCUT2D eigenvalue weighted by atomic mass is 16.5. The van der Waals surface area contributed by atoms with Gasteiger partial charge in [0.15, 0.2) is 5.60 Å². The Morgan fingerprint density at radius 3 is 2.44 bits per heavy atom. The second-order valence-electron chi connectivity index (χ2n) is 12.1. The molecule has 0 unspecified atom stereocenters. The molecule has 206 valence electrons. The molecule has 39 heavy (non-hydrogen) atoms. The Morgan fingerprint density at radius 2 is 1.72 bits per heavy atom. The lowest BCUT2D eigenvalue weighted by Gasteiger charge is -2.37. The fourth-order valence-corrected chi connectivity index (χ4v) is 6.39. The van der Waals surface area contributed by atoms with Gasteiger partial charge in [0.1, 0.15) is 5.75 Å². The van der Waals surface area contributed by atoms with Crippen molar-refractivity contribution in [2.45, 2.75) is 76.0 Å². The molecule has 0 bridgehead atoms. The summed E-state index contributed by atoms with van der Waals surface area (Å²) in [5, 5.41) is 9.72. The maximum atomic E-state index is 13.9. The average molecular weight is 531 g/mol. The smallest absolute Gasteiger partial charge is 0.268 e. The molecule has 8 heteroatoms. The minimum atomic E-state index is -0.943. The van der Waals surface area contributed by atoms with Gasteiger partial charge in [0.05, 0.1) is 23.1 Å². The Hall–Kier alpha value is -3.39. The third kappa shape index (κ3) is 5.02. The highest BCUT2D eigenvalue weighted by Crippen LogP contribution is 2.41. The number of nitrogens with zero attached hydrogens (tertiary/aromatic N) is 1. The molecule has 1 saturated heterocycles. The standard InChI is InChI=1S/C31H38N4O4/c1-30(2)29(38)33-25-17-24(12-13-26(25)39-30)35(23-10-11-23)28(37)21-16-20(18-32-19-21)27(36)34-31(14-6-7-15-31)22-8-4-3-5-9-22/h3-5,8-9,12-13,17,20-21,23,32H,6-7,10-11,14-16,18-19H2,1-2H3,(H,33,38)(H,34,36)/t20-,21+/m0/s1. The molecule has 3 fully saturated rings. The summed E-state index contributed by atoms with van der Waals surface area (Å²) in [6.07, 6.45) is 6.49. The molecule has 6 rings (SSSR count). The van der Waals surface area contributed by atoms with Gasteiger partial charge in [-0.1, -0.05) is 43.2 Å². The van der Waals surface area contributed by atoms with Gasteiger partial charge in [-0.15, -0.1) is 0 Å². The first-order valence-electron chi connectivity index (χ1n) is 14.3. The molecule has 2 aliphatic heterocycles. The zero-order chi connectivity index (χ0) is 27.2. The minimum absolute atomic E-state index is 0.0278. The van der Waals surface area contributed by atoms with Crippen LogP contribution in [0.2, 0.25) is 0 Å². The van der Waals surface area contributed by atoms with Crippen LogP contribution < -0.4 is 25.6 Å². The number of hydrogen-bond donors (Lipinski definition) is 3. The molecule has 2 aromatic rings. The van der Waals surface area contributed by atoms with Crippen molar-refractivity contribution in [3.8, 4) is 5.75 Å². The molecule has 2 aliphatic carbocycles. The monoisotopic (exact) mass is 530 g/mol. The minimum Gasteiger partial charge on any atom is -0.476 e. The fraction of sp³-hybridized carbons (Fsp3) is 0.516. The van der Waals surface area contributed by atoms with Crippen LogP contribution in [0.5, 0.6) is 5.75 Å². The van der Waals surface area contributed by atoms with Crippen LogP contribution in [0, 0.1) is 11.8 Å². The zero-order valence-corrected chi connectivity index (χ0v) is 22.8. The van der Waals surface area contributed by atoms with Crippen molar-refractivity contribution in [3.05, 3.63) is 54.1 Å². The van der Waals surface area contributed by atoms with Gasteiger partial charge >= 0.3 is 0 Å². The van der Waals surface area contributed by atoms with Crippen LogP contribution in [0.15, 0.2) is 48.5 Å². The van der Waals surface area contributed by atoms with Gasteiger partial charge in [-0.3, -0.25) is 14.4 Å². The van der Waals surface area contributed by atoms with E-state index in [1.54, 1.807) is 13.8 Å². The number of piperidine rings is 1. The summed E-state index contributed by atoms with van der Waals surface area (Å²) in [5.74, 6) is -0.121. The second kappa shape index (κ2) is 9.97. The number of amides is 3. The average Bonchev–Trinajstić information content (AvgIpc) is 3.66. The lowest BCUT2D eigenvalue weighted by atomic mass is 9.85. The summed E-state index contributed by atoms with van der Waals surface area (Å²) in [7, 11) is 0. The van der Waals surface area contributed by atoms with E-state index in [0.717, 1.165) is 44.2 Å². The SMILES string of the molecule is CC1(C)Oc2ccc(N(C(=O)[C@H]3CNC[C@@H](C(=O)NC4(c5ccccc5)CCCC4)C3)C3CC3)cc2NC1=O. The number of rotatable bonds is 6. The summed E-state index contributed by atoms with van der Waals surface area (Å²) in [6, 6.07) is 16.0. The van der Waals surface area contributed by atoms with Gasteiger partial charge < -0.3 is 25.6 Å². The van der Waals surface area contributed by atoms with E-state index in [1.165, 1.54) is 5.56 Å². The van der Waals surface area contributed by atoms with Crippen LogP contribution in [0.25, 0.3) is 0 Å². The first-order chi connectivity index (χ1) is 18.8. The first-order valence-corrected chi connectivity index (χ1v) is 14.3. The predicted octanol–water partition coefficient (Wildman–Crippen LogP) is 4.10. The molecule has 3 N–H and O–H groups in total. The van der Waals surface area contributed by atoms with Gasteiger partial charge in [-0.2, -0.15) is 0 Å². The van der Waals surface area contributed by atoms with Crippen LogP contribution in [0.4, 0.5) is 11.4 Å². The largest absolute Gasteiger partial charge is 0.476 e. The maximum absolute atomic E-state index is 13.9. The summed E-state index contributed by atoms with van der Waals surface area (Å²) < 4.78 is 5.88. The second-order valence-corrected chi connectivity index (χ2v) is 12.1. The molecule has 2 atom stereocenters. The Kier molecular flexibility index (Phi) is 6.61. The number of carbonyl (C=O) groups excluding carboxylic acids is 3. The predicted molar refractivity (Wildman–Crippen MR) is 149 cm³/mol. The Bertz CT molecular complexity index is 1270. The molecule has 2 heterocycles. The van der Waals surface area contributed by atoms with Gasteiger partial charge in [0.2, 0.25) is 11.8 Å². The number of fused-ring (bicyclic) bond motifs is 1. The molecule has 0 radical (unpaired) electrons. The third-order valence-electron chi connectivity index (χ3n) is 8.77. The van der Waals surface area contributed by atoms with Crippen molar-refractivity contribution < 1.29 is 19.1 Å². The molecule has 0 spiro atoms. The van der Waals surface area contributed by atoms with Crippen molar-refractivity contribution in [1.29, 1.82) is 0 Å². The number of hydrogen-bond acceptors (Lipinski definition) is 5. The molecule has 3 amide bonds. The molecule has 4 aliphatic rings. The molecular formula is C31H38N4O4. The van der Waals surface area contributed by atoms with E-state index in [-0.39, 0.29) is 41.1 Å². The van der Waals surface area contributed by atoms with Crippen molar-refractivity contribution in [2.75, 3.05) is 23.3 Å². The van der Waals surface area contributed by atoms with Gasteiger partial charge in [0.25, 0.3) is 5.91 Å². The van der Waals surface area contributed by atoms with Gasteiger partial charge in [-0.05, 0) is 69.7 Å².